The molecule has 0 saturated heterocycles. The van der Waals surface area contributed by atoms with Gasteiger partial charge in [-0.1, -0.05) is 18.2 Å². The van der Waals surface area contributed by atoms with E-state index in [1.54, 1.807) is 12.1 Å². The first-order valence-electron chi connectivity index (χ1n) is 6.04. The molecule has 1 aromatic rings. The Morgan fingerprint density at radius 2 is 2.28 bits per heavy atom. The molecule has 0 amide bonds. The summed E-state index contributed by atoms with van der Waals surface area (Å²) in [5, 5.41) is 0. The average molecular weight is 244 g/mol. The number of carbonyl (C=O) groups excluding carboxylic acids is 2. The molecule has 0 bridgehead atoms. The third-order valence-corrected chi connectivity index (χ3v) is 3.29. The Bertz CT molecular complexity index is 514. The molecule has 0 heterocycles. The molecule has 3 heteroatoms. The van der Waals surface area contributed by atoms with Crippen molar-refractivity contribution < 1.29 is 14.3 Å². The molecule has 0 saturated carbocycles. The number of benzene rings is 1. The highest BCUT2D eigenvalue weighted by molar-refractivity contribution is 6.04. The summed E-state index contributed by atoms with van der Waals surface area (Å²) in [4.78, 5) is 23.6. The van der Waals surface area contributed by atoms with Gasteiger partial charge in [0.25, 0.3) is 0 Å². The summed E-state index contributed by atoms with van der Waals surface area (Å²) in [7, 11) is 1.34. The highest BCUT2D eigenvalue weighted by Gasteiger charge is 2.30. The smallest absolute Gasteiger partial charge is 0.337 e. The first kappa shape index (κ1) is 12.6. The molecule has 1 aliphatic carbocycles. The fraction of sp³-hybridized carbons (Fsp3) is 0.333. The standard InChI is InChI=1S/C15H16O3/c1-3-4-5-11-8-10-6-7-12(15(17)18-2)9-13(10)14(11)16/h3-4,6-7,9,11H,5,8H2,1-2H3/t11-/m0/s1. The van der Waals surface area contributed by atoms with Crippen LogP contribution in [0.5, 0.6) is 0 Å². The number of methoxy groups -OCH3 is 1. The van der Waals surface area contributed by atoms with Crippen LogP contribution in [0.4, 0.5) is 0 Å². The Morgan fingerprint density at radius 3 is 2.94 bits per heavy atom. The largest absolute Gasteiger partial charge is 0.465 e. The summed E-state index contributed by atoms with van der Waals surface area (Å²) in [6.45, 7) is 1.95. The molecule has 3 nitrogen and oxygen atoms in total. The Hall–Kier alpha value is -1.90. The molecule has 1 aromatic carbocycles. The molecule has 0 unspecified atom stereocenters. The fourth-order valence-electron chi connectivity index (χ4n) is 2.30. The predicted molar refractivity (Wildman–Crippen MR) is 68.7 cm³/mol. The number of allylic oxidation sites excluding steroid dienone is 2. The molecule has 0 aliphatic heterocycles. The monoisotopic (exact) mass is 244 g/mol. The van der Waals surface area contributed by atoms with Gasteiger partial charge >= 0.3 is 5.97 Å². The second-order valence-corrected chi connectivity index (χ2v) is 4.43. The van der Waals surface area contributed by atoms with Gasteiger partial charge in [0.05, 0.1) is 12.7 Å². The van der Waals surface area contributed by atoms with Gasteiger partial charge in [0.2, 0.25) is 0 Å². The van der Waals surface area contributed by atoms with E-state index < -0.39 is 5.97 Å². The second-order valence-electron chi connectivity index (χ2n) is 4.43. The van der Waals surface area contributed by atoms with Gasteiger partial charge in [-0.25, -0.2) is 4.79 Å². The molecule has 1 aliphatic rings. The molecule has 18 heavy (non-hydrogen) atoms. The van der Waals surface area contributed by atoms with Gasteiger partial charge in [0.15, 0.2) is 5.78 Å². The van der Waals surface area contributed by atoms with Gasteiger partial charge in [-0.05, 0) is 37.5 Å². The van der Waals surface area contributed by atoms with Gasteiger partial charge in [-0.15, -0.1) is 0 Å². The lowest BCUT2D eigenvalue weighted by Gasteiger charge is -2.02. The summed E-state index contributed by atoms with van der Waals surface area (Å²) >= 11 is 0. The van der Waals surface area contributed by atoms with Crippen molar-refractivity contribution in [1.29, 1.82) is 0 Å². The summed E-state index contributed by atoms with van der Waals surface area (Å²) in [6, 6.07) is 5.23. The van der Waals surface area contributed by atoms with Crippen molar-refractivity contribution in [3.8, 4) is 0 Å². The zero-order valence-corrected chi connectivity index (χ0v) is 10.6. The Morgan fingerprint density at radius 1 is 1.50 bits per heavy atom. The van der Waals surface area contributed by atoms with E-state index in [0.29, 0.717) is 11.1 Å². The molecule has 0 aromatic heterocycles. The number of ether oxygens (including phenoxy) is 1. The van der Waals surface area contributed by atoms with Crippen molar-refractivity contribution >= 4 is 11.8 Å². The van der Waals surface area contributed by atoms with E-state index in [2.05, 4.69) is 4.74 Å². The van der Waals surface area contributed by atoms with E-state index in [1.165, 1.54) is 7.11 Å². The van der Waals surface area contributed by atoms with Crippen molar-refractivity contribution in [2.75, 3.05) is 7.11 Å². The maximum absolute atomic E-state index is 12.2. The van der Waals surface area contributed by atoms with Crippen molar-refractivity contribution in [1.82, 2.24) is 0 Å². The molecule has 0 fully saturated rings. The highest BCUT2D eigenvalue weighted by Crippen LogP contribution is 2.30. The molecule has 0 N–H and O–H groups in total. The van der Waals surface area contributed by atoms with E-state index in [4.69, 9.17) is 0 Å². The van der Waals surface area contributed by atoms with Crippen LogP contribution in [-0.2, 0) is 11.2 Å². The van der Waals surface area contributed by atoms with Gasteiger partial charge in [-0.3, -0.25) is 4.79 Å². The van der Waals surface area contributed by atoms with Crippen LogP contribution >= 0.6 is 0 Å². The summed E-state index contributed by atoms with van der Waals surface area (Å²) in [6.07, 6.45) is 5.49. The highest BCUT2D eigenvalue weighted by atomic mass is 16.5. The third-order valence-electron chi connectivity index (χ3n) is 3.29. The second kappa shape index (κ2) is 5.17. The number of rotatable bonds is 3. The quantitative estimate of drug-likeness (QED) is 0.606. The summed E-state index contributed by atoms with van der Waals surface area (Å²) in [5.41, 5.74) is 2.14. The van der Waals surface area contributed by atoms with Crippen molar-refractivity contribution in [3.05, 3.63) is 47.0 Å². The fourth-order valence-corrected chi connectivity index (χ4v) is 2.30. The lowest BCUT2D eigenvalue weighted by molar-refractivity contribution is 0.0600. The van der Waals surface area contributed by atoms with E-state index in [9.17, 15) is 9.59 Å². The van der Waals surface area contributed by atoms with Crippen molar-refractivity contribution in [2.45, 2.75) is 19.8 Å². The molecular weight excluding hydrogens is 228 g/mol. The zero-order valence-electron chi connectivity index (χ0n) is 10.6. The SMILES string of the molecule is CC=CC[C@H]1Cc2ccc(C(=O)OC)cc2C1=O. The van der Waals surface area contributed by atoms with Crippen LogP contribution in [0, 0.1) is 5.92 Å². The van der Waals surface area contributed by atoms with Crippen LogP contribution in [-0.4, -0.2) is 18.9 Å². The van der Waals surface area contributed by atoms with E-state index >= 15 is 0 Å². The number of Topliss-reactive ketones (excluding diaryl/α,β-unsaturated/α-hetero) is 1. The van der Waals surface area contributed by atoms with Crippen LogP contribution in [0.3, 0.4) is 0 Å². The zero-order chi connectivity index (χ0) is 13.1. The predicted octanol–water partition coefficient (Wildman–Crippen LogP) is 2.79. The molecule has 94 valence electrons. The summed E-state index contributed by atoms with van der Waals surface area (Å²) in [5.74, 6) is -0.250. The van der Waals surface area contributed by atoms with Crippen molar-refractivity contribution in [2.24, 2.45) is 5.92 Å². The molecule has 0 spiro atoms. The number of carbonyl (C=O) groups is 2. The maximum Gasteiger partial charge on any atom is 0.337 e. The number of hydrogen-bond acceptors (Lipinski definition) is 3. The minimum absolute atomic E-state index is 0.0177. The molecule has 2 rings (SSSR count). The third kappa shape index (κ3) is 2.21. The number of hydrogen-bond donors (Lipinski definition) is 0. The van der Waals surface area contributed by atoms with Gasteiger partial charge in [0.1, 0.15) is 0 Å². The van der Waals surface area contributed by atoms with E-state index in [1.807, 2.05) is 25.1 Å². The van der Waals surface area contributed by atoms with Crippen LogP contribution in [0.2, 0.25) is 0 Å². The topological polar surface area (TPSA) is 43.4 Å². The van der Waals surface area contributed by atoms with Crippen LogP contribution in [0.25, 0.3) is 0 Å². The average Bonchev–Trinajstić information content (AvgIpc) is 2.72. The van der Waals surface area contributed by atoms with Gasteiger partial charge in [-0.2, -0.15) is 0 Å². The molecule has 1 atom stereocenters. The van der Waals surface area contributed by atoms with Gasteiger partial charge in [0, 0.05) is 11.5 Å². The number of ketones is 1. The van der Waals surface area contributed by atoms with Crippen LogP contribution in [0.15, 0.2) is 30.4 Å². The Kier molecular flexibility index (Phi) is 3.60. The first-order chi connectivity index (χ1) is 8.67. The minimum Gasteiger partial charge on any atom is -0.465 e. The summed E-state index contributed by atoms with van der Waals surface area (Å²) < 4.78 is 4.66. The normalized spacial score (nSPS) is 18.1. The van der Waals surface area contributed by atoms with Crippen LogP contribution < -0.4 is 0 Å². The molecule has 0 radical (unpaired) electrons. The Labute approximate surface area is 106 Å². The molecular formula is C15H16O3. The maximum atomic E-state index is 12.2. The number of fused-ring (bicyclic) bond motifs is 1. The van der Waals surface area contributed by atoms with Crippen LogP contribution in [0.1, 0.15) is 39.6 Å². The first-order valence-corrected chi connectivity index (χ1v) is 6.04. The van der Waals surface area contributed by atoms with E-state index in [0.717, 1.165) is 18.4 Å². The van der Waals surface area contributed by atoms with E-state index in [-0.39, 0.29) is 11.7 Å². The lowest BCUT2D eigenvalue weighted by atomic mass is 10.0. The Balaban J connectivity index is 2.27. The minimum atomic E-state index is -0.400. The van der Waals surface area contributed by atoms with Crippen molar-refractivity contribution in [3.63, 3.8) is 0 Å². The number of esters is 1. The lowest BCUT2D eigenvalue weighted by Crippen LogP contribution is -2.08. The van der Waals surface area contributed by atoms with Gasteiger partial charge < -0.3 is 4.74 Å².